The topological polar surface area (TPSA) is 69.4 Å². The van der Waals surface area contributed by atoms with Gasteiger partial charge in [0.2, 0.25) is 0 Å². The third-order valence-electron chi connectivity index (χ3n) is 2.57. The smallest absolute Gasteiger partial charge is 0.310 e. The first kappa shape index (κ1) is 14.2. The number of nitro groups is 1. The first-order chi connectivity index (χ1) is 8.69. The Balaban J connectivity index is 2.66. The minimum absolute atomic E-state index is 0.101. The third kappa shape index (κ3) is 4.16. The molecule has 1 rings (SSSR count). The molecule has 0 aliphatic rings. The van der Waals surface area contributed by atoms with Gasteiger partial charge in [-0.1, -0.05) is 26.2 Å². The van der Waals surface area contributed by atoms with Gasteiger partial charge in [0.05, 0.1) is 11.5 Å². The van der Waals surface area contributed by atoms with Crippen LogP contribution in [-0.2, 0) is 0 Å². The summed E-state index contributed by atoms with van der Waals surface area (Å²) in [6, 6.07) is 4.12. The first-order valence-electron chi connectivity index (χ1n) is 6.05. The van der Waals surface area contributed by atoms with Gasteiger partial charge in [0.15, 0.2) is 5.75 Å². The minimum atomic E-state index is -0.504. The number of nitrogens with zero attached hydrogens (tertiary/aromatic N) is 1. The lowest BCUT2D eigenvalue weighted by atomic mass is 10.2. The molecular formula is C13H17NO4. The van der Waals surface area contributed by atoms with Gasteiger partial charge in [-0.15, -0.1) is 0 Å². The highest BCUT2D eigenvalue weighted by Crippen LogP contribution is 2.27. The molecule has 0 bridgehead atoms. The zero-order valence-corrected chi connectivity index (χ0v) is 10.4. The van der Waals surface area contributed by atoms with Crippen LogP contribution in [0.15, 0.2) is 18.2 Å². The highest BCUT2D eigenvalue weighted by Gasteiger charge is 2.15. The van der Waals surface area contributed by atoms with Crippen molar-refractivity contribution < 1.29 is 14.5 Å². The van der Waals surface area contributed by atoms with Gasteiger partial charge in [0.1, 0.15) is 6.29 Å². The number of rotatable bonds is 8. The monoisotopic (exact) mass is 251 g/mol. The van der Waals surface area contributed by atoms with Crippen molar-refractivity contribution in [2.24, 2.45) is 0 Å². The standard InChI is InChI=1S/C13H17NO4/c1-2-3-4-5-8-18-13-9-11(10-15)6-7-12(13)14(16)17/h6-7,9-10H,2-5,8H2,1H3. The van der Waals surface area contributed by atoms with E-state index in [-0.39, 0.29) is 11.4 Å². The maximum Gasteiger partial charge on any atom is 0.310 e. The molecule has 0 aliphatic carbocycles. The van der Waals surface area contributed by atoms with Crippen molar-refractivity contribution in [3.05, 3.63) is 33.9 Å². The summed E-state index contributed by atoms with van der Waals surface area (Å²) in [5.74, 6) is 0.168. The van der Waals surface area contributed by atoms with Crippen LogP contribution in [0.5, 0.6) is 5.75 Å². The lowest BCUT2D eigenvalue weighted by molar-refractivity contribution is -0.385. The molecule has 0 fully saturated rings. The number of hydrogen-bond donors (Lipinski definition) is 0. The zero-order chi connectivity index (χ0) is 13.4. The van der Waals surface area contributed by atoms with Gasteiger partial charge in [-0.2, -0.15) is 0 Å². The SMILES string of the molecule is CCCCCCOc1cc(C=O)ccc1[N+](=O)[O-]. The Bertz CT molecular complexity index is 417. The Morgan fingerprint density at radius 3 is 2.72 bits per heavy atom. The molecule has 0 amide bonds. The molecule has 0 heterocycles. The number of unbranched alkanes of at least 4 members (excludes halogenated alkanes) is 3. The molecule has 1 aromatic carbocycles. The fraction of sp³-hybridized carbons (Fsp3) is 0.462. The van der Waals surface area contributed by atoms with Gasteiger partial charge in [0, 0.05) is 11.6 Å². The summed E-state index contributed by atoms with van der Waals surface area (Å²) in [7, 11) is 0. The molecule has 0 unspecified atom stereocenters. The fourth-order valence-electron chi connectivity index (χ4n) is 1.58. The van der Waals surface area contributed by atoms with Gasteiger partial charge in [-0.05, 0) is 18.6 Å². The third-order valence-corrected chi connectivity index (χ3v) is 2.57. The predicted molar refractivity (Wildman–Crippen MR) is 68.1 cm³/mol. The van der Waals surface area contributed by atoms with Crippen molar-refractivity contribution in [2.75, 3.05) is 6.61 Å². The summed E-state index contributed by atoms with van der Waals surface area (Å²) >= 11 is 0. The summed E-state index contributed by atoms with van der Waals surface area (Å²) < 4.78 is 5.39. The van der Waals surface area contributed by atoms with Crippen LogP contribution in [0.4, 0.5) is 5.69 Å². The van der Waals surface area contributed by atoms with Crippen LogP contribution >= 0.6 is 0 Å². The lowest BCUT2D eigenvalue weighted by Crippen LogP contribution is -2.01. The fourth-order valence-corrected chi connectivity index (χ4v) is 1.58. The highest BCUT2D eigenvalue weighted by atomic mass is 16.6. The van der Waals surface area contributed by atoms with Gasteiger partial charge in [0.25, 0.3) is 0 Å². The summed E-state index contributed by atoms with van der Waals surface area (Å²) in [6.07, 6.45) is 4.79. The van der Waals surface area contributed by atoms with Crippen LogP contribution < -0.4 is 4.74 Å². The number of hydrogen-bond acceptors (Lipinski definition) is 4. The van der Waals surface area contributed by atoms with E-state index in [4.69, 9.17) is 4.74 Å². The summed E-state index contributed by atoms with van der Waals surface area (Å²) in [6.45, 7) is 2.54. The largest absolute Gasteiger partial charge is 0.487 e. The van der Waals surface area contributed by atoms with E-state index in [1.807, 2.05) is 0 Å². The van der Waals surface area contributed by atoms with Crippen LogP contribution in [-0.4, -0.2) is 17.8 Å². The van der Waals surface area contributed by atoms with Gasteiger partial charge in [-0.25, -0.2) is 0 Å². The summed E-state index contributed by atoms with van der Waals surface area (Å²) in [5, 5.41) is 10.8. The minimum Gasteiger partial charge on any atom is -0.487 e. The molecule has 18 heavy (non-hydrogen) atoms. The summed E-state index contributed by atoms with van der Waals surface area (Å²) in [5.41, 5.74) is 0.278. The van der Waals surface area contributed by atoms with Crippen molar-refractivity contribution in [3.8, 4) is 5.75 Å². The number of ether oxygens (including phenoxy) is 1. The average Bonchev–Trinajstić information content (AvgIpc) is 2.38. The Morgan fingerprint density at radius 1 is 1.33 bits per heavy atom. The first-order valence-corrected chi connectivity index (χ1v) is 6.05. The Morgan fingerprint density at radius 2 is 2.11 bits per heavy atom. The molecule has 0 spiro atoms. The average molecular weight is 251 g/mol. The van der Waals surface area contributed by atoms with Crippen LogP contribution in [0.2, 0.25) is 0 Å². The molecule has 0 saturated heterocycles. The molecule has 0 N–H and O–H groups in total. The van der Waals surface area contributed by atoms with E-state index in [0.717, 1.165) is 25.7 Å². The van der Waals surface area contributed by atoms with Crippen molar-refractivity contribution in [2.45, 2.75) is 32.6 Å². The number of benzene rings is 1. The molecule has 98 valence electrons. The normalized spacial score (nSPS) is 10.1. The second kappa shape index (κ2) is 7.42. The number of aldehydes is 1. The molecule has 5 heteroatoms. The molecule has 1 aromatic rings. The molecule has 0 aliphatic heterocycles. The second-order valence-corrected chi connectivity index (χ2v) is 4.01. The van der Waals surface area contributed by atoms with Crippen LogP contribution in [0.25, 0.3) is 0 Å². The number of carbonyl (C=O) groups is 1. The van der Waals surface area contributed by atoms with E-state index in [9.17, 15) is 14.9 Å². The van der Waals surface area contributed by atoms with E-state index < -0.39 is 4.92 Å². The maximum absolute atomic E-state index is 10.8. The highest BCUT2D eigenvalue weighted by molar-refractivity contribution is 5.76. The second-order valence-electron chi connectivity index (χ2n) is 4.01. The van der Waals surface area contributed by atoms with E-state index in [0.29, 0.717) is 18.5 Å². The van der Waals surface area contributed by atoms with Crippen LogP contribution in [0.3, 0.4) is 0 Å². The lowest BCUT2D eigenvalue weighted by Gasteiger charge is -2.07. The Hall–Kier alpha value is -1.91. The molecule has 0 aromatic heterocycles. The zero-order valence-electron chi connectivity index (χ0n) is 10.4. The van der Waals surface area contributed by atoms with Gasteiger partial charge >= 0.3 is 5.69 Å². The van der Waals surface area contributed by atoms with E-state index in [1.165, 1.54) is 18.2 Å². The van der Waals surface area contributed by atoms with Crippen LogP contribution in [0, 0.1) is 10.1 Å². The van der Waals surface area contributed by atoms with Gasteiger partial charge in [-0.3, -0.25) is 14.9 Å². The summed E-state index contributed by atoms with van der Waals surface area (Å²) in [4.78, 5) is 20.9. The van der Waals surface area contributed by atoms with Crippen molar-refractivity contribution in [1.82, 2.24) is 0 Å². The van der Waals surface area contributed by atoms with Crippen molar-refractivity contribution in [3.63, 3.8) is 0 Å². The van der Waals surface area contributed by atoms with E-state index >= 15 is 0 Å². The molecule has 0 atom stereocenters. The number of carbonyl (C=O) groups excluding carboxylic acids is 1. The van der Waals surface area contributed by atoms with Crippen molar-refractivity contribution >= 4 is 12.0 Å². The quantitative estimate of drug-likeness (QED) is 0.307. The molecular weight excluding hydrogens is 234 g/mol. The number of nitro benzene ring substituents is 1. The molecule has 5 nitrogen and oxygen atoms in total. The van der Waals surface area contributed by atoms with E-state index in [2.05, 4.69) is 6.92 Å². The predicted octanol–water partition coefficient (Wildman–Crippen LogP) is 3.37. The molecule has 0 radical (unpaired) electrons. The van der Waals surface area contributed by atoms with Crippen LogP contribution in [0.1, 0.15) is 43.0 Å². The van der Waals surface area contributed by atoms with Crippen molar-refractivity contribution in [1.29, 1.82) is 0 Å². The van der Waals surface area contributed by atoms with E-state index in [1.54, 1.807) is 0 Å². The Kier molecular flexibility index (Phi) is 5.84. The van der Waals surface area contributed by atoms with Gasteiger partial charge < -0.3 is 4.74 Å². The molecule has 0 saturated carbocycles. The maximum atomic E-state index is 10.8. The Labute approximate surface area is 106 Å².